The van der Waals surface area contributed by atoms with Gasteiger partial charge in [0.1, 0.15) is 6.04 Å². The van der Waals surface area contributed by atoms with Crippen molar-refractivity contribution in [3.05, 3.63) is 29.3 Å². The van der Waals surface area contributed by atoms with Gasteiger partial charge >= 0.3 is 18.0 Å². The second-order valence-electron chi connectivity index (χ2n) is 4.80. The molecule has 0 spiro atoms. The van der Waals surface area contributed by atoms with Crippen molar-refractivity contribution in [1.29, 1.82) is 0 Å². The van der Waals surface area contributed by atoms with E-state index < -0.39 is 24.0 Å². The number of hydrogen-bond acceptors (Lipinski definition) is 3. The van der Waals surface area contributed by atoms with Crippen LogP contribution in [0.1, 0.15) is 24.0 Å². The molecule has 0 heterocycles. The van der Waals surface area contributed by atoms with Crippen LogP contribution in [0.5, 0.6) is 0 Å². The van der Waals surface area contributed by atoms with E-state index in [0.29, 0.717) is 5.69 Å². The molecule has 7 heteroatoms. The summed E-state index contributed by atoms with van der Waals surface area (Å²) in [4.78, 5) is 33.2. The Kier molecular flexibility index (Phi) is 5.71. The zero-order chi connectivity index (χ0) is 16.0. The Morgan fingerprint density at radius 3 is 2.14 bits per heavy atom. The normalized spacial score (nSPS) is 11.5. The molecule has 2 amide bonds. The van der Waals surface area contributed by atoms with E-state index in [0.717, 1.165) is 11.1 Å². The maximum Gasteiger partial charge on any atom is 0.326 e. The molecule has 1 rings (SSSR count). The zero-order valence-electron chi connectivity index (χ0n) is 11.8. The number of aryl methyl sites for hydroxylation is 2. The maximum atomic E-state index is 11.8. The first-order valence-electron chi connectivity index (χ1n) is 6.38. The van der Waals surface area contributed by atoms with E-state index >= 15 is 0 Å². The summed E-state index contributed by atoms with van der Waals surface area (Å²) in [5.41, 5.74) is 2.48. The van der Waals surface area contributed by atoms with Crippen LogP contribution >= 0.6 is 0 Å². The first-order chi connectivity index (χ1) is 9.77. The molecule has 0 unspecified atom stereocenters. The van der Waals surface area contributed by atoms with Gasteiger partial charge in [0.2, 0.25) is 0 Å². The van der Waals surface area contributed by atoms with Gasteiger partial charge in [-0.3, -0.25) is 4.79 Å². The van der Waals surface area contributed by atoms with Gasteiger partial charge in [-0.25, -0.2) is 9.59 Å². The Hall–Kier alpha value is -2.57. The standard InChI is InChI=1S/C14H18N2O5/c1-8-5-9(2)7-10(6-8)15-14(21)16-11(13(19)20)3-4-12(17)18/h5-7,11H,3-4H2,1-2H3,(H,17,18)(H,19,20)(H2,15,16,21)/t11-/m0/s1. The van der Waals surface area contributed by atoms with E-state index in [-0.39, 0.29) is 12.8 Å². The van der Waals surface area contributed by atoms with Crippen molar-refractivity contribution in [2.45, 2.75) is 32.7 Å². The van der Waals surface area contributed by atoms with Crippen molar-refractivity contribution in [3.63, 3.8) is 0 Å². The van der Waals surface area contributed by atoms with Gasteiger partial charge in [-0.2, -0.15) is 0 Å². The average Bonchev–Trinajstić information content (AvgIpc) is 2.32. The van der Waals surface area contributed by atoms with Gasteiger partial charge in [-0.15, -0.1) is 0 Å². The Balaban J connectivity index is 2.65. The quantitative estimate of drug-likeness (QED) is 0.638. The van der Waals surface area contributed by atoms with E-state index in [9.17, 15) is 14.4 Å². The first-order valence-corrected chi connectivity index (χ1v) is 6.38. The Morgan fingerprint density at radius 2 is 1.67 bits per heavy atom. The van der Waals surface area contributed by atoms with Crippen molar-refractivity contribution in [1.82, 2.24) is 5.32 Å². The molecule has 4 N–H and O–H groups in total. The Morgan fingerprint density at radius 1 is 1.10 bits per heavy atom. The van der Waals surface area contributed by atoms with Crippen LogP contribution in [-0.2, 0) is 9.59 Å². The number of carboxylic acid groups (broad SMARTS) is 2. The monoisotopic (exact) mass is 294 g/mol. The highest BCUT2D eigenvalue weighted by atomic mass is 16.4. The number of aliphatic carboxylic acids is 2. The molecule has 0 saturated heterocycles. The average molecular weight is 294 g/mol. The minimum atomic E-state index is -1.27. The number of carboxylic acids is 2. The second-order valence-corrected chi connectivity index (χ2v) is 4.80. The highest BCUT2D eigenvalue weighted by Crippen LogP contribution is 2.13. The van der Waals surface area contributed by atoms with Crippen molar-refractivity contribution in [3.8, 4) is 0 Å². The molecular formula is C14H18N2O5. The fraction of sp³-hybridized carbons (Fsp3) is 0.357. The smallest absolute Gasteiger partial charge is 0.326 e. The molecule has 1 atom stereocenters. The van der Waals surface area contributed by atoms with E-state index in [1.54, 1.807) is 12.1 Å². The van der Waals surface area contributed by atoms with Crippen molar-refractivity contribution in [2.75, 3.05) is 5.32 Å². The molecular weight excluding hydrogens is 276 g/mol. The predicted octanol–water partition coefficient (Wildman–Crippen LogP) is 1.74. The maximum absolute atomic E-state index is 11.8. The lowest BCUT2D eigenvalue weighted by Gasteiger charge is -2.14. The molecule has 7 nitrogen and oxygen atoms in total. The van der Waals surface area contributed by atoms with E-state index in [1.807, 2.05) is 19.9 Å². The highest BCUT2D eigenvalue weighted by Gasteiger charge is 2.20. The molecule has 0 aromatic heterocycles. The third kappa shape index (κ3) is 5.94. The van der Waals surface area contributed by atoms with Crippen LogP contribution in [0.2, 0.25) is 0 Å². The lowest BCUT2D eigenvalue weighted by Crippen LogP contribution is -2.43. The summed E-state index contributed by atoms with van der Waals surface area (Å²) in [7, 11) is 0. The van der Waals surface area contributed by atoms with Gasteiger partial charge in [0, 0.05) is 12.1 Å². The molecule has 0 saturated carbocycles. The number of rotatable bonds is 6. The number of benzene rings is 1. The zero-order valence-corrected chi connectivity index (χ0v) is 11.8. The van der Waals surface area contributed by atoms with Crippen molar-refractivity contribution in [2.24, 2.45) is 0 Å². The third-order valence-electron chi connectivity index (χ3n) is 2.73. The summed E-state index contributed by atoms with van der Waals surface area (Å²) in [5.74, 6) is -2.38. The van der Waals surface area contributed by atoms with Crippen LogP contribution in [0.15, 0.2) is 18.2 Å². The molecule has 0 aliphatic rings. The van der Waals surface area contributed by atoms with Gasteiger partial charge < -0.3 is 20.8 Å². The Bertz CT molecular complexity index is 536. The van der Waals surface area contributed by atoms with Gasteiger partial charge in [0.05, 0.1) is 0 Å². The van der Waals surface area contributed by atoms with Crippen LogP contribution in [-0.4, -0.2) is 34.2 Å². The van der Waals surface area contributed by atoms with Gasteiger partial charge in [0.15, 0.2) is 0 Å². The fourth-order valence-corrected chi connectivity index (χ4v) is 1.90. The number of carbonyl (C=O) groups is 3. The number of nitrogens with one attached hydrogen (secondary N) is 2. The number of anilines is 1. The highest BCUT2D eigenvalue weighted by molar-refractivity contribution is 5.92. The molecule has 1 aromatic rings. The summed E-state index contributed by atoms with van der Waals surface area (Å²) in [5, 5.41) is 22.3. The third-order valence-corrected chi connectivity index (χ3v) is 2.73. The van der Waals surface area contributed by atoms with Crippen LogP contribution < -0.4 is 10.6 Å². The molecule has 0 fully saturated rings. The molecule has 0 radical (unpaired) electrons. The molecule has 1 aromatic carbocycles. The molecule has 0 aliphatic carbocycles. The van der Waals surface area contributed by atoms with E-state index in [2.05, 4.69) is 10.6 Å². The van der Waals surface area contributed by atoms with Crippen LogP contribution in [0.4, 0.5) is 10.5 Å². The summed E-state index contributed by atoms with van der Waals surface area (Å²) in [6.07, 6.45) is -0.508. The number of urea groups is 1. The van der Waals surface area contributed by atoms with E-state index in [1.165, 1.54) is 0 Å². The molecule has 0 bridgehead atoms. The van der Waals surface area contributed by atoms with Crippen molar-refractivity contribution < 1.29 is 24.6 Å². The van der Waals surface area contributed by atoms with Gasteiger partial charge in [0.25, 0.3) is 0 Å². The largest absolute Gasteiger partial charge is 0.481 e. The van der Waals surface area contributed by atoms with Gasteiger partial charge in [-0.05, 0) is 43.5 Å². The first kappa shape index (κ1) is 16.5. The summed E-state index contributed by atoms with van der Waals surface area (Å²) in [6.45, 7) is 3.76. The fourth-order valence-electron chi connectivity index (χ4n) is 1.90. The lowest BCUT2D eigenvalue weighted by molar-refractivity contribution is -0.140. The molecule has 114 valence electrons. The second kappa shape index (κ2) is 7.28. The van der Waals surface area contributed by atoms with Crippen LogP contribution in [0.25, 0.3) is 0 Å². The summed E-state index contributed by atoms with van der Waals surface area (Å²) >= 11 is 0. The number of hydrogen-bond donors (Lipinski definition) is 4. The van der Waals surface area contributed by atoms with Crippen LogP contribution in [0, 0.1) is 13.8 Å². The SMILES string of the molecule is Cc1cc(C)cc(NC(=O)N[C@@H](CCC(=O)O)C(=O)O)c1. The minimum Gasteiger partial charge on any atom is -0.481 e. The summed E-state index contributed by atoms with van der Waals surface area (Å²) < 4.78 is 0. The number of amides is 2. The molecule has 0 aliphatic heterocycles. The topological polar surface area (TPSA) is 116 Å². The van der Waals surface area contributed by atoms with Gasteiger partial charge in [-0.1, -0.05) is 6.07 Å². The summed E-state index contributed by atoms with van der Waals surface area (Å²) in [6, 6.07) is 3.51. The predicted molar refractivity (Wildman–Crippen MR) is 76.4 cm³/mol. The molecule has 21 heavy (non-hydrogen) atoms. The lowest BCUT2D eigenvalue weighted by atomic mass is 10.1. The number of carbonyl (C=O) groups excluding carboxylic acids is 1. The minimum absolute atomic E-state index is 0.176. The Labute approximate surface area is 122 Å². The van der Waals surface area contributed by atoms with Crippen molar-refractivity contribution >= 4 is 23.7 Å². The van der Waals surface area contributed by atoms with Crippen LogP contribution in [0.3, 0.4) is 0 Å². The van der Waals surface area contributed by atoms with E-state index in [4.69, 9.17) is 10.2 Å².